The molecule has 3 heterocycles. The van der Waals surface area contributed by atoms with Gasteiger partial charge in [0, 0.05) is 30.4 Å². The maximum atomic E-state index is 11.6. The number of nitrogens with zero attached hydrogens (tertiary/aromatic N) is 5. The van der Waals surface area contributed by atoms with E-state index in [4.69, 9.17) is 14.7 Å². The van der Waals surface area contributed by atoms with Gasteiger partial charge in [-0.3, -0.25) is 14.5 Å². The summed E-state index contributed by atoms with van der Waals surface area (Å²) < 4.78 is 6.75. The fourth-order valence-electron chi connectivity index (χ4n) is 4.29. The van der Waals surface area contributed by atoms with E-state index in [1.54, 1.807) is 0 Å². The summed E-state index contributed by atoms with van der Waals surface area (Å²) in [5.41, 5.74) is 6.12. The third kappa shape index (κ3) is 3.39. The number of para-hydroxylation sites is 1. The van der Waals surface area contributed by atoms with E-state index in [2.05, 4.69) is 35.3 Å². The van der Waals surface area contributed by atoms with Crippen LogP contribution in [-0.4, -0.2) is 57.9 Å². The molecule has 154 valence electrons. The molecule has 0 radical (unpaired) electrons. The summed E-state index contributed by atoms with van der Waals surface area (Å²) in [7, 11) is 3.58. The second-order valence-corrected chi connectivity index (χ2v) is 8.22. The molecule has 3 aromatic rings. The van der Waals surface area contributed by atoms with E-state index in [-0.39, 0.29) is 17.9 Å². The number of fused-ring (bicyclic) bond motifs is 1. The molecule has 1 aliphatic heterocycles. The Bertz CT molecular complexity index is 1130. The number of hydrogen-bond donors (Lipinski definition) is 0. The van der Waals surface area contributed by atoms with Gasteiger partial charge in [0.1, 0.15) is 0 Å². The van der Waals surface area contributed by atoms with Gasteiger partial charge in [-0.25, -0.2) is 4.98 Å². The number of carbonyl (C=O) groups excluding carboxylic acids is 1. The lowest BCUT2D eigenvalue weighted by Crippen LogP contribution is -2.33. The Balaban J connectivity index is 1.39. The number of esters is 1. The molecule has 30 heavy (non-hydrogen) atoms. The van der Waals surface area contributed by atoms with Gasteiger partial charge in [0.2, 0.25) is 0 Å². The molecular formula is C23H25N5O2. The minimum atomic E-state index is -0.130. The fraction of sp³-hybridized carbons (Fsp3) is 0.391. The van der Waals surface area contributed by atoms with E-state index in [9.17, 15) is 4.79 Å². The average molecular weight is 403 g/mol. The van der Waals surface area contributed by atoms with E-state index >= 15 is 0 Å². The lowest BCUT2D eigenvalue weighted by Gasteiger charge is -2.33. The molecule has 1 fully saturated rings. The van der Waals surface area contributed by atoms with Crippen LogP contribution in [0.3, 0.4) is 0 Å². The van der Waals surface area contributed by atoms with Crippen LogP contribution in [0.2, 0.25) is 0 Å². The Kier molecular flexibility index (Phi) is 4.83. The van der Waals surface area contributed by atoms with Crippen LogP contribution in [0.25, 0.3) is 27.9 Å². The smallest absolute Gasteiger partial charge is 0.308 e. The van der Waals surface area contributed by atoms with Crippen LogP contribution < -0.4 is 0 Å². The van der Waals surface area contributed by atoms with E-state index in [0.717, 1.165) is 54.6 Å². The van der Waals surface area contributed by atoms with Crippen LogP contribution in [0.5, 0.6) is 0 Å². The SMILES string of the molecule is COC(=O)C1CC(n2cc(-c3cnc4c(C5=CCN(C)CC5)cccc4n3)cn2)C1. The fourth-order valence-corrected chi connectivity index (χ4v) is 4.29. The highest BCUT2D eigenvalue weighted by Gasteiger charge is 2.36. The van der Waals surface area contributed by atoms with Gasteiger partial charge in [0.25, 0.3) is 0 Å². The normalized spacial score (nSPS) is 21.9. The number of aromatic nitrogens is 4. The molecule has 1 saturated carbocycles. The molecule has 1 aliphatic carbocycles. The van der Waals surface area contributed by atoms with E-state index in [0.29, 0.717) is 0 Å². The van der Waals surface area contributed by atoms with Crippen molar-refractivity contribution in [3.05, 3.63) is 48.4 Å². The molecule has 0 N–H and O–H groups in total. The van der Waals surface area contributed by atoms with Gasteiger partial charge in [-0.1, -0.05) is 18.2 Å². The molecule has 1 aromatic carbocycles. The first-order chi connectivity index (χ1) is 14.6. The van der Waals surface area contributed by atoms with Gasteiger partial charge in [0.15, 0.2) is 0 Å². The Morgan fingerprint density at radius 1 is 1.23 bits per heavy atom. The molecule has 0 spiro atoms. The highest BCUT2D eigenvalue weighted by atomic mass is 16.5. The topological polar surface area (TPSA) is 73.1 Å². The molecule has 0 saturated heterocycles. The first-order valence-electron chi connectivity index (χ1n) is 10.4. The van der Waals surface area contributed by atoms with Crippen molar-refractivity contribution in [2.45, 2.75) is 25.3 Å². The molecule has 0 unspecified atom stereocenters. The van der Waals surface area contributed by atoms with Crippen molar-refractivity contribution in [3.8, 4) is 11.3 Å². The minimum absolute atomic E-state index is 0.0135. The second kappa shape index (κ2) is 7.65. The summed E-state index contributed by atoms with van der Waals surface area (Å²) in [6.45, 7) is 2.03. The van der Waals surface area contributed by atoms with Crippen LogP contribution in [-0.2, 0) is 9.53 Å². The average Bonchev–Trinajstić information content (AvgIpc) is 3.22. The Morgan fingerprint density at radius 3 is 2.87 bits per heavy atom. The second-order valence-electron chi connectivity index (χ2n) is 8.22. The molecule has 7 heteroatoms. The predicted molar refractivity (Wildman–Crippen MR) is 115 cm³/mol. The van der Waals surface area contributed by atoms with Gasteiger partial charge in [-0.2, -0.15) is 5.10 Å². The molecule has 7 nitrogen and oxygen atoms in total. The van der Waals surface area contributed by atoms with E-state index in [1.807, 2.05) is 29.3 Å². The van der Waals surface area contributed by atoms with Crippen LogP contribution in [0.1, 0.15) is 30.9 Å². The molecule has 0 amide bonds. The number of methoxy groups -OCH3 is 1. The minimum Gasteiger partial charge on any atom is -0.469 e. The number of benzene rings is 1. The van der Waals surface area contributed by atoms with Crippen molar-refractivity contribution >= 4 is 22.6 Å². The van der Waals surface area contributed by atoms with Gasteiger partial charge in [-0.05, 0) is 37.9 Å². The van der Waals surface area contributed by atoms with Crippen molar-refractivity contribution in [2.75, 3.05) is 27.2 Å². The number of hydrogen-bond acceptors (Lipinski definition) is 6. The maximum absolute atomic E-state index is 11.6. The molecule has 5 rings (SSSR count). The third-order valence-corrected chi connectivity index (χ3v) is 6.25. The molecule has 0 atom stereocenters. The quantitative estimate of drug-likeness (QED) is 0.622. The number of carbonyl (C=O) groups is 1. The zero-order valence-corrected chi connectivity index (χ0v) is 17.3. The first kappa shape index (κ1) is 18.9. The molecule has 0 bridgehead atoms. The lowest BCUT2D eigenvalue weighted by molar-refractivity contribution is -0.149. The van der Waals surface area contributed by atoms with E-state index in [1.165, 1.54) is 18.2 Å². The predicted octanol–water partition coefficient (Wildman–Crippen LogP) is 3.34. The zero-order valence-electron chi connectivity index (χ0n) is 17.3. The van der Waals surface area contributed by atoms with Crippen LogP contribution in [0.15, 0.2) is 42.9 Å². The van der Waals surface area contributed by atoms with Crippen LogP contribution in [0.4, 0.5) is 0 Å². The highest BCUT2D eigenvalue weighted by molar-refractivity contribution is 5.89. The van der Waals surface area contributed by atoms with Gasteiger partial charge >= 0.3 is 5.97 Å². The van der Waals surface area contributed by atoms with Crippen molar-refractivity contribution in [3.63, 3.8) is 0 Å². The van der Waals surface area contributed by atoms with Gasteiger partial charge < -0.3 is 9.64 Å². The monoisotopic (exact) mass is 403 g/mol. The standard InChI is InChI=1S/C23H25N5O2/c1-27-8-6-15(7-9-27)19-4-3-5-20-22(19)24-13-21(26-20)17-12-25-28(14-17)18-10-16(11-18)23(29)30-2/h3-6,12-14,16,18H,7-11H2,1-2H3. The molecular weight excluding hydrogens is 378 g/mol. The van der Waals surface area contributed by atoms with Gasteiger partial charge in [0.05, 0.1) is 48.2 Å². The Morgan fingerprint density at radius 2 is 2.10 bits per heavy atom. The Labute approximate surface area is 175 Å². The third-order valence-electron chi connectivity index (χ3n) is 6.25. The summed E-state index contributed by atoms with van der Waals surface area (Å²) in [5, 5.41) is 4.50. The first-order valence-corrected chi connectivity index (χ1v) is 10.4. The summed E-state index contributed by atoms with van der Waals surface area (Å²) >= 11 is 0. The largest absolute Gasteiger partial charge is 0.469 e. The van der Waals surface area contributed by atoms with Gasteiger partial charge in [-0.15, -0.1) is 0 Å². The summed E-state index contributed by atoms with van der Waals surface area (Å²) in [4.78, 5) is 23.5. The van der Waals surface area contributed by atoms with Crippen molar-refractivity contribution in [1.82, 2.24) is 24.6 Å². The zero-order chi connectivity index (χ0) is 20.7. The highest BCUT2D eigenvalue weighted by Crippen LogP contribution is 2.38. The molecule has 2 aliphatic rings. The lowest BCUT2D eigenvalue weighted by atomic mass is 9.80. The number of likely N-dealkylation sites (N-methyl/N-ethyl adjacent to an activating group) is 1. The maximum Gasteiger partial charge on any atom is 0.308 e. The van der Waals surface area contributed by atoms with Crippen molar-refractivity contribution < 1.29 is 9.53 Å². The van der Waals surface area contributed by atoms with E-state index < -0.39 is 0 Å². The Hall–Kier alpha value is -3.06. The number of ether oxygens (including phenoxy) is 1. The van der Waals surface area contributed by atoms with Crippen LogP contribution >= 0.6 is 0 Å². The summed E-state index contributed by atoms with van der Waals surface area (Å²) in [6, 6.07) is 6.45. The van der Waals surface area contributed by atoms with Crippen LogP contribution in [0, 0.1) is 5.92 Å². The van der Waals surface area contributed by atoms with Crippen molar-refractivity contribution in [1.29, 1.82) is 0 Å². The molecule has 2 aromatic heterocycles. The summed E-state index contributed by atoms with van der Waals surface area (Å²) in [6.07, 6.45) is 10.5. The van der Waals surface area contributed by atoms with Crippen molar-refractivity contribution in [2.24, 2.45) is 5.92 Å². The summed E-state index contributed by atoms with van der Waals surface area (Å²) in [5.74, 6) is -0.144. The number of rotatable bonds is 4.